The van der Waals surface area contributed by atoms with Crippen LogP contribution in [0.15, 0.2) is 57.8 Å². The number of hydrogen-bond donors (Lipinski definition) is 2. The van der Waals surface area contributed by atoms with Crippen LogP contribution in [0.3, 0.4) is 0 Å². The van der Waals surface area contributed by atoms with Crippen molar-refractivity contribution in [2.24, 2.45) is 0 Å². The number of rotatable bonds is 4. The second-order valence-corrected chi connectivity index (χ2v) is 7.37. The van der Waals surface area contributed by atoms with E-state index in [4.69, 9.17) is 0 Å². The van der Waals surface area contributed by atoms with Gasteiger partial charge in [-0.25, -0.2) is 4.98 Å². The first-order valence-electron chi connectivity index (χ1n) is 8.55. The van der Waals surface area contributed by atoms with Gasteiger partial charge in [-0.05, 0) is 55.3 Å². The van der Waals surface area contributed by atoms with E-state index < -0.39 is 0 Å². The molecule has 27 heavy (non-hydrogen) atoms. The van der Waals surface area contributed by atoms with Crippen LogP contribution in [0.2, 0.25) is 0 Å². The van der Waals surface area contributed by atoms with E-state index in [2.05, 4.69) is 50.2 Å². The molecule has 136 valence electrons. The van der Waals surface area contributed by atoms with Gasteiger partial charge in [-0.3, -0.25) is 9.89 Å². The van der Waals surface area contributed by atoms with Crippen molar-refractivity contribution in [2.75, 3.05) is 5.32 Å². The van der Waals surface area contributed by atoms with Gasteiger partial charge < -0.3 is 5.32 Å². The van der Waals surface area contributed by atoms with Gasteiger partial charge in [0.15, 0.2) is 5.82 Å². The van der Waals surface area contributed by atoms with E-state index in [1.54, 1.807) is 0 Å². The van der Waals surface area contributed by atoms with E-state index >= 15 is 0 Å². The minimum atomic E-state index is -0.185. The molecule has 2 N–H and O–H groups in total. The van der Waals surface area contributed by atoms with Crippen LogP contribution in [0.4, 0.5) is 5.69 Å². The van der Waals surface area contributed by atoms with Crippen molar-refractivity contribution < 1.29 is 0 Å². The lowest BCUT2D eigenvalue weighted by Crippen LogP contribution is -2.17. The molecule has 6 nitrogen and oxygen atoms in total. The van der Waals surface area contributed by atoms with Crippen LogP contribution in [0.5, 0.6) is 0 Å². The third kappa shape index (κ3) is 3.64. The number of aromatic amines is 1. The van der Waals surface area contributed by atoms with E-state index in [9.17, 15) is 4.79 Å². The third-order valence-corrected chi connectivity index (χ3v) is 5.01. The van der Waals surface area contributed by atoms with E-state index in [-0.39, 0.29) is 5.56 Å². The van der Waals surface area contributed by atoms with Crippen molar-refractivity contribution in [3.8, 4) is 11.4 Å². The molecule has 4 rings (SSSR count). The standard InChI is InChI=1S/C20H18BrN5O/c1-12-3-4-14(9-13(12)2)19-24-20-23-17(10-18(27)26(20)25-19)11-22-16-7-5-15(21)6-8-16/h3-10,22H,11H2,1-2H3,(H,23,24,25). The molecule has 4 aromatic rings. The van der Waals surface area contributed by atoms with E-state index in [0.717, 1.165) is 15.7 Å². The molecule has 7 heteroatoms. The van der Waals surface area contributed by atoms with Crippen LogP contribution in [0, 0.1) is 13.8 Å². The summed E-state index contributed by atoms with van der Waals surface area (Å²) in [4.78, 5) is 21.4. The topological polar surface area (TPSA) is 75.1 Å². The molecule has 2 heterocycles. The van der Waals surface area contributed by atoms with Crippen molar-refractivity contribution >= 4 is 27.4 Å². The fourth-order valence-electron chi connectivity index (χ4n) is 2.80. The smallest absolute Gasteiger partial charge is 0.274 e. The Morgan fingerprint density at radius 1 is 1.04 bits per heavy atom. The van der Waals surface area contributed by atoms with Crippen LogP contribution in [-0.2, 0) is 6.54 Å². The number of benzene rings is 2. The van der Waals surface area contributed by atoms with Gasteiger partial charge in [0.05, 0.1) is 12.2 Å². The van der Waals surface area contributed by atoms with Gasteiger partial charge in [0.25, 0.3) is 11.3 Å². The minimum absolute atomic E-state index is 0.185. The number of aryl methyl sites for hydroxylation is 2. The maximum Gasteiger partial charge on any atom is 0.274 e. The Hall–Kier alpha value is -2.93. The lowest BCUT2D eigenvalue weighted by molar-refractivity contribution is 0.879. The van der Waals surface area contributed by atoms with Gasteiger partial charge in [0.2, 0.25) is 0 Å². The van der Waals surface area contributed by atoms with Gasteiger partial charge >= 0.3 is 0 Å². The van der Waals surface area contributed by atoms with Crippen LogP contribution >= 0.6 is 15.9 Å². The quantitative estimate of drug-likeness (QED) is 0.518. The molecule has 2 aromatic carbocycles. The molecule has 0 amide bonds. The maximum absolute atomic E-state index is 12.4. The summed E-state index contributed by atoms with van der Waals surface area (Å²) in [5.41, 5.74) is 4.73. The Kier molecular flexibility index (Phi) is 4.53. The number of nitrogens with zero attached hydrogens (tertiary/aromatic N) is 3. The van der Waals surface area contributed by atoms with Crippen LogP contribution < -0.4 is 10.9 Å². The SMILES string of the molecule is Cc1ccc(-c2nc3nc(CNc4ccc(Br)cc4)cc(=O)n3[nH]2)cc1C. The molecule has 0 aliphatic rings. The van der Waals surface area contributed by atoms with Gasteiger partial charge in [-0.15, -0.1) is 0 Å². The first kappa shape index (κ1) is 17.5. The fourth-order valence-corrected chi connectivity index (χ4v) is 3.06. The van der Waals surface area contributed by atoms with Crippen molar-refractivity contribution in [3.05, 3.63) is 80.2 Å². The van der Waals surface area contributed by atoms with Gasteiger partial charge in [0, 0.05) is 21.8 Å². The normalized spacial score (nSPS) is 11.1. The summed E-state index contributed by atoms with van der Waals surface area (Å²) < 4.78 is 2.38. The van der Waals surface area contributed by atoms with E-state index in [0.29, 0.717) is 23.8 Å². The highest BCUT2D eigenvalue weighted by Crippen LogP contribution is 2.19. The highest BCUT2D eigenvalue weighted by Gasteiger charge is 2.10. The number of aromatic nitrogens is 4. The molecule has 0 aliphatic heterocycles. The predicted octanol–water partition coefficient (Wildman–Crippen LogP) is 4.08. The zero-order valence-corrected chi connectivity index (χ0v) is 16.5. The van der Waals surface area contributed by atoms with Gasteiger partial charge in [0.1, 0.15) is 0 Å². The second kappa shape index (κ2) is 7.00. The Morgan fingerprint density at radius 2 is 1.81 bits per heavy atom. The van der Waals surface area contributed by atoms with Crippen LogP contribution in [0.1, 0.15) is 16.8 Å². The molecular weight excluding hydrogens is 406 g/mol. The predicted molar refractivity (Wildman–Crippen MR) is 110 cm³/mol. The summed E-state index contributed by atoms with van der Waals surface area (Å²) in [6.45, 7) is 4.56. The minimum Gasteiger partial charge on any atom is -0.379 e. The monoisotopic (exact) mass is 423 g/mol. The maximum atomic E-state index is 12.4. The highest BCUT2D eigenvalue weighted by atomic mass is 79.9. The molecule has 2 aromatic heterocycles. The Labute approximate surface area is 164 Å². The summed E-state index contributed by atoms with van der Waals surface area (Å²) >= 11 is 3.41. The summed E-state index contributed by atoms with van der Waals surface area (Å²) in [5, 5.41) is 6.30. The number of halogens is 1. The van der Waals surface area contributed by atoms with Gasteiger partial charge in [-0.2, -0.15) is 9.50 Å². The molecule has 0 bridgehead atoms. The van der Waals surface area contributed by atoms with Crippen molar-refractivity contribution in [2.45, 2.75) is 20.4 Å². The molecule has 0 unspecified atom stereocenters. The zero-order chi connectivity index (χ0) is 19.0. The first-order chi connectivity index (χ1) is 13.0. The van der Waals surface area contributed by atoms with Crippen LogP contribution in [-0.4, -0.2) is 19.6 Å². The van der Waals surface area contributed by atoms with E-state index in [1.807, 2.05) is 42.5 Å². The summed E-state index contributed by atoms with van der Waals surface area (Å²) in [6.07, 6.45) is 0. The molecule has 0 fully saturated rings. The van der Waals surface area contributed by atoms with E-state index in [1.165, 1.54) is 21.7 Å². The van der Waals surface area contributed by atoms with Crippen molar-refractivity contribution in [1.82, 2.24) is 19.6 Å². The molecular formula is C20H18BrN5O. The average Bonchev–Trinajstić information content (AvgIpc) is 3.08. The molecule has 0 atom stereocenters. The Balaban J connectivity index is 1.63. The first-order valence-corrected chi connectivity index (χ1v) is 9.35. The largest absolute Gasteiger partial charge is 0.379 e. The molecule has 0 aliphatic carbocycles. The zero-order valence-electron chi connectivity index (χ0n) is 15.0. The van der Waals surface area contributed by atoms with Gasteiger partial charge in [-0.1, -0.05) is 28.1 Å². The molecule has 0 spiro atoms. The van der Waals surface area contributed by atoms with Crippen LogP contribution in [0.25, 0.3) is 17.2 Å². The number of hydrogen-bond acceptors (Lipinski definition) is 4. The average molecular weight is 424 g/mol. The van der Waals surface area contributed by atoms with Crippen molar-refractivity contribution in [1.29, 1.82) is 0 Å². The lowest BCUT2D eigenvalue weighted by Gasteiger charge is -2.05. The molecule has 0 saturated carbocycles. The van der Waals surface area contributed by atoms with Crippen molar-refractivity contribution in [3.63, 3.8) is 0 Å². The highest BCUT2D eigenvalue weighted by molar-refractivity contribution is 9.10. The fraction of sp³-hybridized carbons (Fsp3) is 0.150. The summed E-state index contributed by atoms with van der Waals surface area (Å²) in [6, 6.07) is 15.4. The molecule has 0 radical (unpaired) electrons. The number of nitrogens with one attached hydrogen (secondary N) is 2. The second-order valence-electron chi connectivity index (χ2n) is 6.45. The summed E-state index contributed by atoms with van der Waals surface area (Å²) in [7, 11) is 0. The number of anilines is 1. The third-order valence-electron chi connectivity index (χ3n) is 4.48. The lowest BCUT2D eigenvalue weighted by atomic mass is 10.1. The Bertz CT molecular complexity index is 1180. The number of fused-ring (bicyclic) bond motifs is 1. The number of H-pyrrole nitrogens is 1. The Morgan fingerprint density at radius 3 is 2.56 bits per heavy atom. The molecule has 0 saturated heterocycles. The summed E-state index contributed by atoms with van der Waals surface area (Å²) in [5.74, 6) is 0.990.